The highest BCUT2D eigenvalue weighted by Gasteiger charge is 2.40. The zero-order valence-electron chi connectivity index (χ0n) is 20.2. The molecule has 0 radical (unpaired) electrons. The van der Waals surface area contributed by atoms with Gasteiger partial charge in [-0.05, 0) is 68.7 Å². The van der Waals surface area contributed by atoms with Crippen LogP contribution in [0.2, 0.25) is 0 Å². The first-order valence-corrected chi connectivity index (χ1v) is 12.9. The van der Waals surface area contributed by atoms with Crippen LogP contribution in [-0.2, 0) is 16.0 Å². The molecule has 2 fully saturated rings. The quantitative estimate of drug-likeness (QED) is 0.697. The number of carbonyl (C=O) groups excluding carboxylic acids is 3. The molecule has 7 nitrogen and oxygen atoms in total. The molecule has 0 spiro atoms. The minimum Gasteiger partial charge on any atom is -0.358 e. The summed E-state index contributed by atoms with van der Waals surface area (Å²) in [4.78, 5) is 45.3. The Morgan fingerprint density at radius 3 is 2.46 bits per heavy atom. The van der Waals surface area contributed by atoms with Gasteiger partial charge >= 0.3 is 0 Å². The van der Waals surface area contributed by atoms with Crippen molar-refractivity contribution in [1.29, 1.82) is 0 Å². The molecular formula is C28H34N4O3. The molecule has 35 heavy (non-hydrogen) atoms. The fraction of sp³-hybridized carbons (Fsp3) is 0.464. The average molecular weight is 475 g/mol. The first-order chi connectivity index (χ1) is 17.1. The molecule has 0 aliphatic carbocycles. The average Bonchev–Trinajstić information content (AvgIpc) is 2.91. The number of amides is 3. The Morgan fingerprint density at radius 1 is 0.886 bits per heavy atom. The van der Waals surface area contributed by atoms with E-state index in [1.807, 2.05) is 53.4 Å². The van der Waals surface area contributed by atoms with Crippen LogP contribution < -0.4 is 15.1 Å². The van der Waals surface area contributed by atoms with E-state index in [0.29, 0.717) is 17.8 Å². The van der Waals surface area contributed by atoms with E-state index in [0.717, 1.165) is 75.8 Å². The van der Waals surface area contributed by atoms with Crippen molar-refractivity contribution in [2.24, 2.45) is 0 Å². The van der Waals surface area contributed by atoms with Crippen molar-refractivity contribution >= 4 is 29.1 Å². The van der Waals surface area contributed by atoms with Crippen LogP contribution in [0.15, 0.2) is 48.5 Å². The second kappa shape index (κ2) is 10.5. The van der Waals surface area contributed by atoms with Gasteiger partial charge in [-0.2, -0.15) is 0 Å². The largest absolute Gasteiger partial charge is 0.358 e. The summed E-state index contributed by atoms with van der Waals surface area (Å²) in [6, 6.07) is 15.5. The number of rotatable bonds is 6. The minimum atomic E-state index is -0.239. The molecule has 3 aliphatic heterocycles. The number of fused-ring (bicyclic) bond motifs is 3. The number of anilines is 2. The van der Waals surface area contributed by atoms with E-state index in [4.69, 9.17) is 0 Å². The van der Waals surface area contributed by atoms with Crippen molar-refractivity contribution in [2.75, 3.05) is 42.5 Å². The van der Waals surface area contributed by atoms with Gasteiger partial charge in [0, 0.05) is 31.7 Å². The monoisotopic (exact) mass is 474 g/mol. The molecule has 0 bridgehead atoms. The maximum absolute atomic E-state index is 13.5. The van der Waals surface area contributed by atoms with Crippen molar-refractivity contribution in [3.8, 4) is 0 Å². The second-order valence-corrected chi connectivity index (χ2v) is 9.77. The standard InChI is InChI=1S/C28H34N4O3/c33-26(29-15-14-21-9-3-1-4-10-21)20-32-25-19-22(27(34)30-16-6-2-7-17-30)12-13-23(25)31-18-8-5-11-24(31)28(32)35/h1,3-4,9-10,12-13,19,24H,2,5-8,11,14-18,20H2,(H,29,33)/t24-/m0/s1. The van der Waals surface area contributed by atoms with Gasteiger partial charge in [0.1, 0.15) is 12.6 Å². The maximum Gasteiger partial charge on any atom is 0.253 e. The summed E-state index contributed by atoms with van der Waals surface area (Å²) in [6.07, 6.45) is 6.79. The van der Waals surface area contributed by atoms with Crippen molar-refractivity contribution < 1.29 is 14.4 Å². The van der Waals surface area contributed by atoms with Crippen LogP contribution in [0.5, 0.6) is 0 Å². The van der Waals surface area contributed by atoms with E-state index in [9.17, 15) is 14.4 Å². The molecule has 0 unspecified atom stereocenters. The van der Waals surface area contributed by atoms with Gasteiger partial charge in [-0.3, -0.25) is 19.3 Å². The van der Waals surface area contributed by atoms with Crippen LogP contribution >= 0.6 is 0 Å². The Morgan fingerprint density at radius 2 is 1.66 bits per heavy atom. The molecule has 2 saturated heterocycles. The Balaban J connectivity index is 1.35. The molecule has 7 heteroatoms. The molecule has 5 rings (SSSR count). The third-order valence-electron chi connectivity index (χ3n) is 7.40. The summed E-state index contributed by atoms with van der Waals surface area (Å²) in [5.74, 6) is -0.219. The van der Waals surface area contributed by atoms with Gasteiger partial charge in [-0.25, -0.2) is 0 Å². The topological polar surface area (TPSA) is 73.0 Å². The molecule has 0 aromatic heterocycles. The summed E-state index contributed by atoms with van der Waals surface area (Å²) in [7, 11) is 0. The third kappa shape index (κ3) is 5.04. The molecule has 3 amide bonds. The lowest BCUT2D eigenvalue weighted by molar-refractivity contribution is -0.124. The number of hydrogen-bond acceptors (Lipinski definition) is 4. The van der Waals surface area contributed by atoms with E-state index < -0.39 is 0 Å². The van der Waals surface area contributed by atoms with Crippen LogP contribution in [0.1, 0.15) is 54.4 Å². The lowest BCUT2D eigenvalue weighted by Crippen LogP contribution is -2.57. The zero-order valence-corrected chi connectivity index (χ0v) is 20.2. The molecule has 3 heterocycles. The smallest absolute Gasteiger partial charge is 0.253 e. The van der Waals surface area contributed by atoms with Gasteiger partial charge in [-0.1, -0.05) is 30.3 Å². The molecule has 184 valence electrons. The van der Waals surface area contributed by atoms with E-state index >= 15 is 0 Å². The molecule has 2 aromatic rings. The molecule has 3 aliphatic rings. The highest BCUT2D eigenvalue weighted by atomic mass is 16.2. The van der Waals surface area contributed by atoms with Gasteiger partial charge < -0.3 is 15.1 Å². The number of carbonyl (C=O) groups is 3. The Bertz CT molecular complexity index is 1080. The highest BCUT2D eigenvalue weighted by Crippen LogP contribution is 2.40. The number of benzene rings is 2. The van der Waals surface area contributed by atoms with Crippen LogP contribution in [0.25, 0.3) is 0 Å². The van der Waals surface area contributed by atoms with E-state index in [-0.39, 0.29) is 30.3 Å². The summed E-state index contributed by atoms with van der Waals surface area (Å²) < 4.78 is 0. The van der Waals surface area contributed by atoms with Crippen molar-refractivity contribution in [3.63, 3.8) is 0 Å². The molecule has 0 saturated carbocycles. The van der Waals surface area contributed by atoms with Gasteiger partial charge in [0.05, 0.1) is 11.4 Å². The van der Waals surface area contributed by atoms with Crippen molar-refractivity contribution in [3.05, 3.63) is 59.7 Å². The SMILES string of the molecule is O=C(CN1C(=O)[C@@H]2CCCCN2c2ccc(C(=O)N3CCCCC3)cc21)NCCc1ccccc1. The summed E-state index contributed by atoms with van der Waals surface area (Å²) >= 11 is 0. The zero-order chi connectivity index (χ0) is 24.2. The predicted octanol–water partition coefficient (Wildman–Crippen LogP) is 3.38. The van der Waals surface area contributed by atoms with Crippen LogP contribution in [0.3, 0.4) is 0 Å². The number of likely N-dealkylation sites (tertiary alicyclic amines) is 1. The van der Waals surface area contributed by atoms with Crippen LogP contribution in [0, 0.1) is 0 Å². The van der Waals surface area contributed by atoms with Gasteiger partial charge in [0.2, 0.25) is 11.8 Å². The lowest BCUT2D eigenvalue weighted by Gasteiger charge is -2.45. The number of nitrogens with zero attached hydrogens (tertiary/aromatic N) is 3. The maximum atomic E-state index is 13.5. The minimum absolute atomic E-state index is 0.00739. The fourth-order valence-corrected chi connectivity index (χ4v) is 5.52. The summed E-state index contributed by atoms with van der Waals surface area (Å²) in [5, 5.41) is 2.97. The van der Waals surface area contributed by atoms with Crippen molar-refractivity contribution in [2.45, 2.75) is 51.0 Å². The van der Waals surface area contributed by atoms with Gasteiger partial charge in [0.15, 0.2) is 0 Å². The molecule has 2 aromatic carbocycles. The summed E-state index contributed by atoms with van der Waals surface area (Å²) in [5.41, 5.74) is 3.37. The van der Waals surface area contributed by atoms with Crippen molar-refractivity contribution in [1.82, 2.24) is 10.2 Å². The van der Waals surface area contributed by atoms with E-state index in [1.165, 1.54) is 0 Å². The van der Waals surface area contributed by atoms with Crippen LogP contribution in [-0.4, -0.2) is 61.4 Å². The normalized spacial score (nSPS) is 19.7. The number of piperidine rings is 2. The molecular weight excluding hydrogens is 440 g/mol. The lowest BCUT2D eigenvalue weighted by atomic mass is 9.95. The van der Waals surface area contributed by atoms with Gasteiger partial charge in [-0.15, -0.1) is 0 Å². The van der Waals surface area contributed by atoms with Gasteiger partial charge in [0.25, 0.3) is 5.91 Å². The number of hydrogen-bond donors (Lipinski definition) is 1. The first-order valence-electron chi connectivity index (χ1n) is 12.9. The molecule has 1 N–H and O–H groups in total. The number of nitrogens with one attached hydrogen (secondary N) is 1. The Kier molecular flexibility index (Phi) is 7.02. The first kappa shape index (κ1) is 23.4. The second-order valence-electron chi connectivity index (χ2n) is 9.77. The fourth-order valence-electron chi connectivity index (χ4n) is 5.52. The Labute approximate surface area is 207 Å². The summed E-state index contributed by atoms with van der Waals surface area (Å²) in [6.45, 7) is 2.85. The Hall–Kier alpha value is -3.35. The molecule has 1 atom stereocenters. The van der Waals surface area contributed by atoms with Crippen LogP contribution in [0.4, 0.5) is 11.4 Å². The predicted molar refractivity (Wildman–Crippen MR) is 137 cm³/mol. The highest BCUT2D eigenvalue weighted by molar-refractivity contribution is 6.09. The van der Waals surface area contributed by atoms with E-state index in [2.05, 4.69) is 10.2 Å². The third-order valence-corrected chi connectivity index (χ3v) is 7.40. The van der Waals surface area contributed by atoms with E-state index in [1.54, 1.807) is 4.90 Å².